The molecule has 1 heterocycles. The Balaban J connectivity index is 2.34. The lowest BCUT2D eigenvalue weighted by atomic mass is 10.1. The predicted octanol–water partition coefficient (Wildman–Crippen LogP) is 5.05. The number of alkyl halides is 3. The fourth-order valence-corrected chi connectivity index (χ4v) is 2.66. The second kappa shape index (κ2) is 9.48. The van der Waals surface area contributed by atoms with Crippen LogP contribution >= 0.6 is 0 Å². The quantitative estimate of drug-likeness (QED) is 0.637. The molecule has 1 N–H and O–H groups in total. The van der Waals surface area contributed by atoms with E-state index in [4.69, 9.17) is 9.47 Å². The molecule has 0 spiro atoms. The summed E-state index contributed by atoms with van der Waals surface area (Å²) in [7, 11) is 3.05. The molecule has 1 aromatic carbocycles. The highest BCUT2D eigenvalue weighted by atomic mass is 19.4. The Morgan fingerprint density at radius 3 is 2.54 bits per heavy atom. The van der Waals surface area contributed by atoms with Crippen molar-refractivity contribution in [3.63, 3.8) is 0 Å². The molecular formula is C19H24F3N3O3. The largest absolute Gasteiger partial charge is 0.573 e. The van der Waals surface area contributed by atoms with Crippen molar-refractivity contribution in [3.8, 4) is 28.6 Å². The zero-order chi connectivity index (χ0) is 20.7. The average molecular weight is 399 g/mol. The van der Waals surface area contributed by atoms with Gasteiger partial charge in [-0.2, -0.15) is 0 Å². The first kappa shape index (κ1) is 21.6. The lowest BCUT2D eigenvalue weighted by Crippen LogP contribution is -2.17. The van der Waals surface area contributed by atoms with Crippen molar-refractivity contribution in [2.45, 2.75) is 45.6 Å². The van der Waals surface area contributed by atoms with Gasteiger partial charge in [0.25, 0.3) is 5.88 Å². The monoisotopic (exact) mass is 399 g/mol. The average Bonchev–Trinajstić information content (AvgIpc) is 2.66. The maximum Gasteiger partial charge on any atom is 0.573 e. The van der Waals surface area contributed by atoms with Gasteiger partial charge in [0.05, 0.1) is 19.0 Å². The summed E-state index contributed by atoms with van der Waals surface area (Å²) in [5, 5.41) is 2.94. The molecule has 1 atom stereocenters. The maximum atomic E-state index is 12.4. The SMILES string of the molecule is CCC[C@@H](CC)Oc1ncc(-c2ccc(OC(F)(F)F)cc2OC)nc1NC. The van der Waals surface area contributed by atoms with Gasteiger partial charge in [-0.3, -0.25) is 0 Å². The Bertz CT molecular complexity index is 785. The Kier molecular flexibility index (Phi) is 7.31. The standard InChI is InChI=1S/C19H24F3N3O3/c1-5-7-12(6-2)27-18-17(23-3)25-15(11-24-18)14-9-8-13(10-16(14)26-4)28-19(20,21)22/h8-12H,5-7H2,1-4H3,(H,23,25)/t12-/m1/s1. The Morgan fingerprint density at radius 2 is 1.96 bits per heavy atom. The van der Waals surface area contributed by atoms with Gasteiger partial charge in [-0.25, -0.2) is 9.97 Å². The van der Waals surface area contributed by atoms with E-state index in [1.54, 1.807) is 7.05 Å². The summed E-state index contributed by atoms with van der Waals surface area (Å²) in [5.74, 6) is 0.622. The van der Waals surface area contributed by atoms with Gasteiger partial charge in [0.1, 0.15) is 17.6 Å². The van der Waals surface area contributed by atoms with E-state index in [-0.39, 0.29) is 17.6 Å². The van der Waals surface area contributed by atoms with Crippen LogP contribution in [0.25, 0.3) is 11.3 Å². The predicted molar refractivity (Wildman–Crippen MR) is 99.9 cm³/mol. The number of nitrogens with zero attached hydrogens (tertiary/aromatic N) is 2. The van der Waals surface area contributed by atoms with Crippen molar-refractivity contribution in [1.82, 2.24) is 9.97 Å². The fraction of sp³-hybridized carbons (Fsp3) is 0.474. The van der Waals surface area contributed by atoms with E-state index in [2.05, 4.69) is 26.9 Å². The first-order valence-electron chi connectivity index (χ1n) is 8.96. The van der Waals surface area contributed by atoms with Crippen LogP contribution in [0.5, 0.6) is 17.4 Å². The molecule has 28 heavy (non-hydrogen) atoms. The molecular weight excluding hydrogens is 375 g/mol. The van der Waals surface area contributed by atoms with Gasteiger partial charge >= 0.3 is 6.36 Å². The molecule has 0 unspecified atom stereocenters. The lowest BCUT2D eigenvalue weighted by molar-refractivity contribution is -0.274. The minimum Gasteiger partial charge on any atom is -0.496 e. The second-order valence-corrected chi connectivity index (χ2v) is 6.01. The van der Waals surface area contributed by atoms with E-state index in [1.807, 2.05) is 6.92 Å². The molecule has 0 aliphatic carbocycles. The van der Waals surface area contributed by atoms with Gasteiger partial charge < -0.3 is 19.5 Å². The van der Waals surface area contributed by atoms with E-state index in [9.17, 15) is 13.2 Å². The van der Waals surface area contributed by atoms with Crippen molar-refractivity contribution >= 4 is 5.82 Å². The van der Waals surface area contributed by atoms with Crippen molar-refractivity contribution in [3.05, 3.63) is 24.4 Å². The van der Waals surface area contributed by atoms with Crippen molar-refractivity contribution in [2.75, 3.05) is 19.5 Å². The summed E-state index contributed by atoms with van der Waals surface area (Å²) in [5.41, 5.74) is 0.906. The summed E-state index contributed by atoms with van der Waals surface area (Å²) in [4.78, 5) is 8.82. The van der Waals surface area contributed by atoms with Crippen LogP contribution in [0.1, 0.15) is 33.1 Å². The molecule has 0 radical (unpaired) electrons. The smallest absolute Gasteiger partial charge is 0.496 e. The first-order chi connectivity index (χ1) is 13.3. The highest BCUT2D eigenvalue weighted by Crippen LogP contribution is 2.35. The van der Waals surface area contributed by atoms with Crippen LogP contribution in [0.15, 0.2) is 24.4 Å². The van der Waals surface area contributed by atoms with Crippen molar-refractivity contribution < 1.29 is 27.4 Å². The number of nitrogens with one attached hydrogen (secondary N) is 1. The zero-order valence-corrected chi connectivity index (χ0v) is 16.3. The molecule has 6 nitrogen and oxygen atoms in total. The number of hydrogen-bond donors (Lipinski definition) is 1. The number of ether oxygens (including phenoxy) is 3. The van der Waals surface area contributed by atoms with E-state index in [0.29, 0.717) is 23.0 Å². The Labute approximate surface area is 162 Å². The molecule has 9 heteroatoms. The number of benzene rings is 1. The third kappa shape index (κ3) is 5.64. The van der Waals surface area contributed by atoms with Gasteiger partial charge in [-0.1, -0.05) is 20.3 Å². The topological polar surface area (TPSA) is 65.5 Å². The number of halogens is 3. The maximum absolute atomic E-state index is 12.4. The summed E-state index contributed by atoms with van der Waals surface area (Å²) in [6.45, 7) is 4.12. The van der Waals surface area contributed by atoms with Crippen LogP contribution in [0.2, 0.25) is 0 Å². The molecule has 2 rings (SSSR count). The molecule has 0 aliphatic heterocycles. The van der Waals surface area contributed by atoms with Crippen molar-refractivity contribution in [2.24, 2.45) is 0 Å². The number of methoxy groups -OCH3 is 1. The van der Waals surface area contributed by atoms with Crippen LogP contribution in [0, 0.1) is 0 Å². The van der Waals surface area contributed by atoms with Crippen LogP contribution in [0.3, 0.4) is 0 Å². The van der Waals surface area contributed by atoms with Crippen LogP contribution < -0.4 is 19.5 Å². The van der Waals surface area contributed by atoms with E-state index < -0.39 is 6.36 Å². The van der Waals surface area contributed by atoms with Crippen LogP contribution in [-0.2, 0) is 0 Å². The van der Waals surface area contributed by atoms with E-state index >= 15 is 0 Å². The molecule has 0 amide bonds. The summed E-state index contributed by atoms with van der Waals surface area (Å²) < 4.78 is 52.3. The van der Waals surface area contributed by atoms with Gasteiger partial charge in [0.2, 0.25) is 0 Å². The van der Waals surface area contributed by atoms with Gasteiger partial charge in [-0.15, -0.1) is 13.2 Å². The third-order valence-corrected chi connectivity index (χ3v) is 4.00. The van der Waals surface area contributed by atoms with E-state index in [0.717, 1.165) is 25.3 Å². The molecule has 0 fully saturated rings. The molecule has 154 valence electrons. The molecule has 0 saturated heterocycles. The first-order valence-corrected chi connectivity index (χ1v) is 8.96. The molecule has 1 aromatic heterocycles. The number of hydrogen-bond acceptors (Lipinski definition) is 6. The summed E-state index contributed by atoms with van der Waals surface area (Å²) in [6.07, 6.45) is -0.518. The number of rotatable bonds is 9. The highest BCUT2D eigenvalue weighted by Gasteiger charge is 2.31. The molecule has 0 aliphatic rings. The minimum atomic E-state index is -4.78. The minimum absolute atomic E-state index is 0.0330. The zero-order valence-electron chi connectivity index (χ0n) is 16.3. The molecule has 2 aromatic rings. The van der Waals surface area contributed by atoms with E-state index in [1.165, 1.54) is 25.4 Å². The van der Waals surface area contributed by atoms with Gasteiger partial charge in [0, 0.05) is 18.7 Å². The normalized spacial score (nSPS) is 12.4. The number of anilines is 1. The van der Waals surface area contributed by atoms with Gasteiger partial charge in [0.15, 0.2) is 5.82 Å². The third-order valence-electron chi connectivity index (χ3n) is 4.00. The van der Waals surface area contributed by atoms with Crippen molar-refractivity contribution in [1.29, 1.82) is 0 Å². The Hall–Kier alpha value is -2.71. The Morgan fingerprint density at radius 1 is 1.21 bits per heavy atom. The molecule has 0 bridgehead atoms. The lowest BCUT2D eigenvalue weighted by Gasteiger charge is -2.18. The fourth-order valence-electron chi connectivity index (χ4n) is 2.66. The highest BCUT2D eigenvalue weighted by molar-refractivity contribution is 5.69. The van der Waals surface area contributed by atoms with Crippen LogP contribution in [0.4, 0.5) is 19.0 Å². The van der Waals surface area contributed by atoms with Crippen LogP contribution in [-0.4, -0.2) is 36.6 Å². The number of aromatic nitrogens is 2. The summed E-state index contributed by atoms with van der Waals surface area (Å²) in [6, 6.07) is 3.79. The van der Waals surface area contributed by atoms with Gasteiger partial charge in [-0.05, 0) is 25.0 Å². The second-order valence-electron chi connectivity index (χ2n) is 6.01. The molecule has 0 saturated carbocycles. The summed E-state index contributed by atoms with van der Waals surface area (Å²) >= 11 is 0.